The van der Waals surface area contributed by atoms with Crippen molar-refractivity contribution in [2.24, 2.45) is 0 Å². The van der Waals surface area contributed by atoms with E-state index < -0.39 is 5.60 Å². The number of rotatable bonds is 4. The third-order valence-corrected chi connectivity index (χ3v) is 4.02. The van der Waals surface area contributed by atoms with Crippen LogP contribution in [-0.2, 0) is 15.1 Å². The summed E-state index contributed by atoms with van der Waals surface area (Å²) in [7, 11) is 0. The highest BCUT2D eigenvalue weighted by molar-refractivity contribution is 5.99. The first-order valence-corrected chi connectivity index (χ1v) is 7.73. The Hall–Kier alpha value is -2.61. The minimum Gasteiger partial charge on any atom is -0.441 e. The molecular weight excluding hydrogens is 284 g/mol. The van der Waals surface area contributed by atoms with Crippen LogP contribution in [0, 0.1) is 0 Å². The smallest absolute Gasteiger partial charge is 0.339 e. The van der Waals surface area contributed by atoms with Gasteiger partial charge in [0.2, 0.25) is 0 Å². The fourth-order valence-electron chi connectivity index (χ4n) is 3.04. The lowest BCUT2D eigenvalue weighted by Crippen LogP contribution is -2.29. The van der Waals surface area contributed by atoms with Crippen molar-refractivity contribution in [2.75, 3.05) is 0 Å². The number of hydrogen-bond donors (Lipinski definition) is 0. The molecule has 1 aromatic rings. The van der Waals surface area contributed by atoms with Gasteiger partial charge in [-0.2, -0.15) is 0 Å². The Morgan fingerprint density at radius 1 is 1.13 bits per heavy atom. The van der Waals surface area contributed by atoms with Gasteiger partial charge in [-0.15, -0.1) is 0 Å². The van der Waals surface area contributed by atoms with Gasteiger partial charge in [0, 0.05) is 16.7 Å². The van der Waals surface area contributed by atoms with Crippen molar-refractivity contribution in [1.82, 2.24) is 0 Å². The first-order valence-electron chi connectivity index (χ1n) is 7.73. The van der Waals surface area contributed by atoms with Crippen molar-refractivity contribution < 1.29 is 9.53 Å². The molecule has 1 aliphatic rings. The van der Waals surface area contributed by atoms with E-state index in [9.17, 15) is 4.79 Å². The predicted molar refractivity (Wildman–Crippen MR) is 94.8 cm³/mol. The van der Waals surface area contributed by atoms with Crippen molar-refractivity contribution in [2.45, 2.75) is 26.4 Å². The maximum atomic E-state index is 12.5. The van der Waals surface area contributed by atoms with Gasteiger partial charge in [0.1, 0.15) is 0 Å². The molecule has 2 rings (SSSR count). The van der Waals surface area contributed by atoms with Crippen molar-refractivity contribution in [3.63, 3.8) is 0 Å². The zero-order valence-corrected chi connectivity index (χ0v) is 13.9. The van der Waals surface area contributed by atoms with Crippen LogP contribution in [0.2, 0.25) is 0 Å². The molecule has 0 aromatic heterocycles. The van der Waals surface area contributed by atoms with Crippen LogP contribution in [0.1, 0.15) is 26.3 Å². The number of carbonyl (C=O) groups is 1. The summed E-state index contributed by atoms with van der Waals surface area (Å²) in [6.07, 6.45) is 11.3. The molecule has 1 fully saturated rings. The molecule has 1 unspecified atom stereocenters. The molecule has 2 nitrogen and oxygen atoms in total. The molecule has 1 aromatic carbocycles. The van der Waals surface area contributed by atoms with Gasteiger partial charge in [-0.3, -0.25) is 0 Å². The zero-order chi connectivity index (χ0) is 16.9. The van der Waals surface area contributed by atoms with Crippen LogP contribution >= 0.6 is 0 Å². The first kappa shape index (κ1) is 16.8. The quantitative estimate of drug-likeness (QED) is 0.443. The lowest BCUT2D eigenvalue weighted by Gasteiger charge is -2.31. The highest BCUT2D eigenvalue weighted by atomic mass is 16.6. The molecular formula is C21H22O2. The van der Waals surface area contributed by atoms with E-state index in [1.165, 1.54) is 0 Å². The van der Waals surface area contributed by atoms with E-state index in [0.29, 0.717) is 5.57 Å². The number of carbonyl (C=O) groups excluding carboxylic acids is 1. The molecule has 1 atom stereocenters. The number of ether oxygens (including phenoxy) is 1. The Labute approximate surface area is 138 Å². The number of cyclic esters (lactones) is 1. The Bertz CT molecular complexity index is 717. The lowest BCUT2D eigenvalue weighted by molar-refractivity contribution is -0.143. The molecule has 0 amide bonds. The molecule has 2 heteroatoms. The van der Waals surface area contributed by atoms with E-state index in [0.717, 1.165) is 16.7 Å². The van der Waals surface area contributed by atoms with E-state index in [2.05, 4.69) is 6.58 Å². The molecule has 0 bridgehead atoms. The summed E-state index contributed by atoms with van der Waals surface area (Å²) >= 11 is 0. The number of allylic oxidation sites excluding steroid dienone is 5. The molecule has 0 radical (unpaired) electrons. The molecule has 0 aliphatic carbocycles. The second-order valence-corrected chi connectivity index (χ2v) is 5.18. The van der Waals surface area contributed by atoms with Crippen LogP contribution in [0.3, 0.4) is 0 Å². The topological polar surface area (TPSA) is 26.3 Å². The van der Waals surface area contributed by atoms with Gasteiger partial charge < -0.3 is 4.74 Å². The fourth-order valence-corrected chi connectivity index (χ4v) is 3.04. The molecule has 1 aliphatic heterocycles. The van der Waals surface area contributed by atoms with Gasteiger partial charge in [-0.05, 0) is 20.8 Å². The summed E-state index contributed by atoms with van der Waals surface area (Å²) in [5, 5.41) is 0. The SMILES string of the molecule is C=C/C=C\C(=C/C)C1(c2ccccc2)OC(=O)C(=C/C)/C1=C\C. The van der Waals surface area contributed by atoms with Crippen molar-refractivity contribution >= 4 is 5.97 Å². The second-order valence-electron chi connectivity index (χ2n) is 5.18. The fraction of sp³-hybridized carbons (Fsp3) is 0.190. The summed E-state index contributed by atoms with van der Waals surface area (Å²) < 4.78 is 5.96. The molecule has 0 N–H and O–H groups in total. The van der Waals surface area contributed by atoms with Crippen molar-refractivity contribution in [3.05, 3.63) is 95.6 Å². The average Bonchev–Trinajstić information content (AvgIpc) is 2.88. The Kier molecular flexibility index (Phi) is 5.17. The van der Waals surface area contributed by atoms with Gasteiger partial charge in [-0.25, -0.2) is 4.79 Å². The van der Waals surface area contributed by atoms with Gasteiger partial charge in [0.15, 0.2) is 5.60 Å². The molecule has 0 spiro atoms. The van der Waals surface area contributed by atoms with E-state index in [1.807, 2.05) is 81.5 Å². The van der Waals surface area contributed by atoms with Crippen LogP contribution in [-0.4, -0.2) is 5.97 Å². The molecule has 118 valence electrons. The van der Waals surface area contributed by atoms with Gasteiger partial charge >= 0.3 is 5.97 Å². The van der Waals surface area contributed by atoms with Gasteiger partial charge in [0.25, 0.3) is 0 Å². The third kappa shape index (κ3) is 2.72. The third-order valence-electron chi connectivity index (χ3n) is 4.02. The maximum Gasteiger partial charge on any atom is 0.339 e. The van der Waals surface area contributed by atoms with Crippen LogP contribution in [0.15, 0.2) is 90.1 Å². The van der Waals surface area contributed by atoms with Crippen LogP contribution in [0.4, 0.5) is 0 Å². The first-order chi connectivity index (χ1) is 11.1. The number of hydrogen-bond acceptors (Lipinski definition) is 2. The van der Waals surface area contributed by atoms with Crippen LogP contribution < -0.4 is 0 Å². The minimum atomic E-state index is -0.913. The van der Waals surface area contributed by atoms with Crippen molar-refractivity contribution in [1.29, 1.82) is 0 Å². The van der Waals surface area contributed by atoms with Crippen LogP contribution in [0.5, 0.6) is 0 Å². The van der Waals surface area contributed by atoms with E-state index in [-0.39, 0.29) is 5.97 Å². The lowest BCUT2D eigenvalue weighted by atomic mass is 9.78. The standard InChI is InChI=1S/C21H22O2/c1-5-9-13-16(6-2)21(17-14-11-10-12-15-17)19(8-4)18(7-3)20(22)23-21/h5-15H,1H2,2-4H3/b13-9-,16-6+,18-7+,19-8+. The molecule has 23 heavy (non-hydrogen) atoms. The summed E-state index contributed by atoms with van der Waals surface area (Å²) in [6, 6.07) is 9.84. The summed E-state index contributed by atoms with van der Waals surface area (Å²) in [6.45, 7) is 9.46. The predicted octanol–water partition coefficient (Wildman–Crippen LogP) is 5.02. The second kappa shape index (κ2) is 7.10. The number of esters is 1. The number of benzene rings is 1. The average molecular weight is 306 g/mol. The highest BCUT2D eigenvalue weighted by Gasteiger charge is 2.50. The summed E-state index contributed by atoms with van der Waals surface area (Å²) in [4.78, 5) is 12.5. The Balaban J connectivity index is 2.80. The van der Waals surface area contributed by atoms with E-state index in [1.54, 1.807) is 6.08 Å². The Morgan fingerprint density at radius 3 is 2.35 bits per heavy atom. The largest absolute Gasteiger partial charge is 0.441 e. The molecule has 0 saturated carbocycles. The monoisotopic (exact) mass is 306 g/mol. The van der Waals surface area contributed by atoms with E-state index in [4.69, 9.17) is 4.74 Å². The van der Waals surface area contributed by atoms with Gasteiger partial charge in [-0.1, -0.05) is 73.4 Å². The van der Waals surface area contributed by atoms with Crippen LogP contribution in [0.25, 0.3) is 0 Å². The van der Waals surface area contributed by atoms with Crippen molar-refractivity contribution in [3.8, 4) is 0 Å². The zero-order valence-electron chi connectivity index (χ0n) is 13.9. The van der Waals surface area contributed by atoms with E-state index >= 15 is 0 Å². The summed E-state index contributed by atoms with van der Waals surface area (Å²) in [5.74, 6) is -0.296. The molecule has 1 heterocycles. The minimum absolute atomic E-state index is 0.296. The maximum absolute atomic E-state index is 12.5. The summed E-state index contributed by atoms with van der Waals surface area (Å²) in [5.41, 5.74) is 2.41. The normalized spacial score (nSPS) is 25.3. The van der Waals surface area contributed by atoms with Gasteiger partial charge in [0.05, 0.1) is 5.57 Å². The molecule has 1 saturated heterocycles. The Morgan fingerprint density at radius 2 is 1.83 bits per heavy atom. The highest BCUT2D eigenvalue weighted by Crippen LogP contribution is 2.49.